The zero-order valence-electron chi connectivity index (χ0n) is 13.5. The van der Waals surface area contributed by atoms with Crippen molar-refractivity contribution in [2.24, 2.45) is 5.92 Å². The van der Waals surface area contributed by atoms with E-state index in [1.807, 2.05) is 11.8 Å². The number of carbonyl (C=O) groups excluding carboxylic acids is 2. The van der Waals surface area contributed by atoms with Crippen LogP contribution in [0.3, 0.4) is 0 Å². The molecule has 3 heterocycles. The van der Waals surface area contributed by atoms with E-state index in [2.05, 4.69) is 14.9 Å². The van der Waals surface area contributed by atoms with Gasteiger partial charge in [-0.05, 0) is 19.4 Å². The van der Waals surface area contributed by atoms with Crippen LogP contribution in [0.1, 0.15) is 19.8 Å². The van der Waals surface area contributed by atoms with E-state index in [0.29, 0.717) is 39.0 Å². The molecule has 0 unspecified atom stereocenters. The molecule has 0 aliphatic carbocycles. The van der Waals surface area contributed by atoms with Crippen molar-refractivity contribution in [3.8, 4) is 0 Å². The summed E-state index contributed by atoms with van der Waals surface area (Å²) in [5.41, 5.74) is 0. The molecule has 2 amide bonds. The Bertz CT molecular complexity index is 557. The van der Waals surface area contributed by atoms with Crippen LogP contribution in [0.5, 0.6) is 0 Å². The molecule has 0 saturated carbocycles. The van der Waals surface area contributed by atoms with Crippen LogP contribution in [0.25, 0.3) is 0 Å². The van der Waals surface area contributed by atoms with Crippen molar-refractivity contribution in [1.29, 1.82) is 0 Å². The summed E-state index contributed by atoms with van der Waals surface area (Å²) in [6, 6.07) is 1.80. The van der Waals surface area contributed by atoms with Gasteiger partial charge in [0.2, 0.25) is 17.8 Å². The van der Waals surface area contributed by atoms with E-state index < -0.39 is 0 Å². The number of rotatable bonds is 3. The minimum atomic E-state index is -0.0489. The SMILES string of the molecule is CCN1C[C@H](C(=O)N2CCN(c3ncccn3)CC2)CCC1=O. The van der Waals surface area contributed by atoms with Crippen LogP contribution < -0.4 is 4.90 Å². The average molecular weight is 317 g/mol. The predicted molar refractivity (Wildman–Crippen MR) is 85.8 cm³/mol. The Labute approximate surface area is 136 Å². The highest BCUT2D eigenvalue weighted by molar-refractivity contribution is 5.84. The minimum absolute atomic E-state index is 0.0489. The number of anilines is 1. The fourth-order valence-corrected chi connectivity index (χ4v) is 3.26. The molecule has 2 aliphatic rings. The lowest BCUT2D eigenvalue weighted by molar-refractivity contribution is -0.143. The molecule has 7 heteroatoms. The van der Waals surface area contributed by atoms with Gasteiger partial charge in [-0.1, -0.05) is 0 Å². The second-order valence-electron chi connectivity index (χ2n) is 6.03. The smallest absolute Gasteiger partial charge is 0.227 e. The number of carbonyl (C=O) groups is 2. The molecule has 23 heavy (non-hydrogen) atoms. The molecular formula is C16H23N5O2. The van der Waals surface area contributed by atoms with Crippen molar-refractivity contribution < 1.29 is 9.59 Å². The maximum Gasteiger partial charge on any atom is 0.227 e. The van der Waals surface area contributed by atoms with E-state index in [9.17, 15) is 9.59 Å². The Balaban J connectivity index is 1.55. The predicted octanol–water partition coefficient (Wildman–Crippen LogP) is 0.384. The van der Waals surface area contributed by atoms with Gasteiger partial charge in [-0.25, -0.2) is 9.97 Å². The molecule has 1 aromatic heterocycles. The number of likely N-dealkylation sites (tertiary alicyclic amines) is 1. The quantitative estimate of drug-likeness (QED) is 0.806. The maximum atomic E-state index is 12.7. The van der Waals surface area contributed by atoms with Crippen LogP contribution in [0.15, 0.2) is 18.5 Å². The summed E-state index contributed by atoms with van der Waals surface area (Å²) in [5, 5.41) is 0. The van der Waals surface area contributed by atoms with Crippen LogP contribution in [0.2, 0.25) is 0 Å². The van der Waals surface area contributed by atoms with Crippen molar-refractivity contribution in [2.75, 3.05) is 44.2 Å². The van der Waals surface area contributed by atoms with E-state index in [1.54, 1.807) is 23.4 Å². The summed E-state index contributed by atoms with van der Waals surface area (Å²) in [4.78, 5) is 38.8. The van der Waals surface area contributed by atoms with Gasteiger partial charge in [0.05, 0.1) is 5.92 Å². The van der Waals surface area contributed by atoms with Crippen molar-refractivity contribution in [1.82, 2.24) is 19.8 Å². The molecule has 1 atom stereocenters. The highest BCUT2D eigenvalue weighted by atomic mass is 16.2. The molecule has 124 valence electrons. The van der Waals surface area contributed by atoms with Crippen molar-refractivity contribution in [3.05, 3.63) is 18.5 Å². The summed E-state index contributed by atoms with van der Waals surface area (Å²) in [6.07, 6.45) is 4.63. The van der Waals surface area contributed by atoms with Crippen molar-refractivity contribution in [3.63, 3.8) is 0 Å². The molecule has 2 aliphatic heterocycles. The monoisotopic (exact) mass is 317 g/mol. The van der Waals surface area contributed by atoms with Gasteiger partial charge in [-0.15, -0.1) is 0 Å². The molecule has 0 radical (unpaired) electrons. The van der Waals surface area contributed by atoms with E-state index in [-0.39, 0.29) is 17.7 Å². The number of hydrogen-bond donors (Lipinski definition) is 0. The van der Waals surface area contributed by atoms with Gasteiger partial charge in [0.1, 0.15) is 0 Å². The fourth-order valence-electron chi connectivity index (χ4n) is 3.26. The molecule has 0 N–H and O–H groups in total. The lowest BCUT2D eigenvalue weighted by atomic mass is 9.95. The zero-order valence-corrected chi connectivity index (χ0v) is 13.5. The number of hydrogen-bond acceptors (Lipinski definition) is 5. The number of amides is 2. The minimum Gasteiger partial charge on any atom is -0.342 e. The second-order valence-corrected chi connectivity index (χ2v) is 6.03. The normalized spacial score (nSPS) is 22.4. The number of piperidine rings is 1. The Morgan fingerprint density at radius 3 is 2.57 bits per heavy atom. The van der Waals surface area contributed by atoms with Crippen molar-refractivity contribution in [2.45, 2.75) is 19.8 Å². The lowest BCUT2D eigenvalue weighted by Gasteiger charge is -2.38. The molecule has 0 bridgehead atoms. The molecule has 2 fully saturated rings. The zero-order chi connectivity index (χ0) is 16.2. The van der Waals surface area contributed by atoms with Crippen molar-refractivity contribution >= 4 is 17.8 Å². The Kier molecular flexibility index (Phi) is 4.73. The van der Waals surface area contributed by atoms with E-state index >= 15 is 0 Å². The summed E-state index contributed by atoms with van der Waals surface area (Å²) in [6.45, 7) is 6.08. The standard InChI is InChI=1S/C16H23N5O2/c1-2-19-12-13(4-5-14(19)22)15(23)20-8-10-21(11-9-20)16-17-6-3-7-18-16/h3,6-7,13H,2,4-5,8-12H2,1H3/t13-/m1/s1. The number of piperazine rings is 1. The van der Waals surface area contributed by atoms with Crippen LogP contribution in [-0.4, -0.2) is 70.9 Å². The van der Waals surface area contributed by atoms with Gasteiger partial charge in [0, 0.05) is 58.1 Å². The van der Waals surface area contributed by atoms with Crippen LogP contribution >= 0.6 is 0 Å². The first-order chi connectivity index (χ1) is 11.2. The van der Waals surface area contributed by atoms with Gasteiger partial charge in [-0.2, -0.15) is 0 Å². The van der Waals surface area contributed by atoms with E-state index in [1.165, 1.54) is 0 Å². The first kappa shape index (κ1) is 15.7. The third-order valence-electron chi connectivity index (χ3n) is 4.66. The fraction of sp³-hybridized carbons (Fsp3) is 0.625. The molecular weight excluding hydrogens is 294 g/mol. The Morgan fingerprint density at radius 2 is 1.91 bits per heavy atom. The molecule has 0 spiro atoms. The molecule has 1 aromatic rings. The highest BCUT2D eigenvalue weighted by Gasteiger charge is 2.33. The third kappa shape index (κ3) is 3.43. The molecule has 2 saturated heterocycles. The van der Waals surface area contributed by atoms with Crippen LogP contribution in [0, 0.1) is 5.92 Å². The maximum absolute atomic E-state index is 12.7. The summed E-state index contributed by atoms with van der Waals surface area (Å²) in [5.74, 6) is 1.03. The van der Waals surface area contributed by atoms with Gasteiger partial charge in [0.25, 0.3) is 0 Å². The summed E-state index contributed by atoms with van der Waals surface area (Å²) >= 11 is 0. The van der Waals surface area contributed by atoms with Gasteiger partial charge in [-0.3, -0.25) is 9.59 Å². The summed E-state index contributed by atoms with van der Waals surface area (Å²) < 4.78 is 0. The van der Waals surface area contributed by atoms with E-state index in [4.69, 9.17) is 0 Å². The molecule has 0 aromatic carbocycles. The average Bonchev–Trinajstić information content (AvgIpc) is 2.62. The van der Waals surface area contributed by atoms with E-state index in [0.717, 1.165) is 19.0 Å². The lowest BCUT2D eigenvalue weighted by Crippen LogP contribution is -2.53. The first-order valence-electron chi connectivity index (χ1n) is 8.27. The first-order valence-corrected chi connectivity index (χ1v) is 8.27. The van der Waals surface area contributed by atoms with Crippen LogP contribution in [0.4, 0.5) is 5.95 Å². The van der Waals surface area contributed by atoms with Gasteiger partial charge in [0.15, 0.2) is 0 Å². The number of nitrogens with zero attached hydrogens (tertiary/aromatic N) is 5. The topological polar surface area (TPSA) is 69.6 Å². The summed E-state index contributed by atoms with van der Waals surface area (Å²) in [7, 11) is 0. The Morgan fingerprint density at radius 1 is 1.22 bits per heavy atom. The molecule has 7 nitrogen and oxygen atoms in total. The van der Waals surface area contributed by atoms with Gasteiger partial charge < -0.3 is 14.7 Å². The van der Waals surface area contributed by atoms with Gasteiger partial charge >= 0.3 is 0 Å². The highest BCUT2D eigenvalue weighted by Crippen LogP contribution is 2.21. The van der Waals surface area contributed by atoms with Crippen LogP contribution in [-0.2, 0) is 9.59 Å². The second kappa shape index (κ2) is 6.93. The largest absolute Gasteiger partial charge is 0.342 e. The third-order valence-corrected chi connectivity index (χ3v) is 4.66. The Hall–Kier alpha value is -2.18. The molecule has 3 rings (SSSR count). The number of aromatic nitrogens is 2.